The third-order valence-electron chi connectivity index (χ3n) is 9.87. The second-order valence-electron chi connectivity index (χ2n) is 11.6. The molecule has 7 nitrogen and oxygen atoms in total. The molecule has 4 aliphatic rings. The molecule has 186 valence electrons. The number of Topliss-reactive ketones (excluding diaryl/α,β-unsaturated/α-hetero) is 1. The second-order valence-corrected chi connectivity index (χ2v) is 11.6. The molecule has 4 saturated carbocycles. The molecule has 7 heteroatoms. The van der Waals surface area contributed by atoms with Crippen LogP contribution in [0, 0.1) is 34.5 Å². The minimum atomic E-state index is -0.0201. The molecule has 0 aromatic heterocycles. The highest BCUT2D eigenvalue weighted by atomic mass is 16.6. The first-order valence-electron chi connectivity index (χ1n) is 13.2. The van der Waals surface area contributed by atoms with Crippen molar-refractivity contribution in [2.75, 3.05) is 19.7 Å². The highest BCUT2D eigenvalue weighted by Crippen LogP contribution is 2.65. The van der Waals surface area contributed by atoms with Gasteiger partial charge in [0.25, 0.3) is 0 Å². The number of hydrogen-bond acceptors (Lipinski definition) is 7. The van der Waals surface area contributed by atoms with Gasteiger partial charge < -0.3 is 21.3 Å². The van der Waals surface area contributed by atoms with E-state index in [9.17, 15) is 4.79 Å². The van der Waals surface area contributed by atoms with Crippen molar-refractivity contribution >= 4 is 11.5 Å². The number of oxime groups is 1. The van der Waals surface area contributed by atoms with E-state index in [4.69, 9.17) is 22.1 Å². The van der Waals surface area contributed by atoms with Crippen LogP contribution in [-0.2, 0) is 9.63 Å². The zero-order valence-electron chi connectivity index (χ0n) is 20.7. The van der Waals surface area contributed by atoms with Gasteiger partial charge >= 0.3 is 0 Å². The molecule has 0 heterocycles. The van der Waals surface area contributed by atoms with Crippen LogP contribution in [0.15, 0.2) is 17.1 Å². The Bertz CT molecular complexity index is 783. The fraction of sp³-hybridized carbons (Fsp3) is 0.846. The number of fused-ring (bicyclic) bond motifs is 5. The predicted molar refractivity (Wildman–Crippen MR) is 132 cm³/mol. The molecule has 6 unspecified atom stereocenters. The number of ketones is 1. The standard InChI is InChI=1S/C26H45N5O2/c1-25-11-9-20(30-33-14-4-3-13-31(29)17-19(28)16-27)15-18(25)5-6-21-22-7-8-24(32)26(22,2)12-10-23(21)25/h17-18,21-23H,3-16,27-29H2,1-2H3/b19-17-,30-20-. The van der Waals surface area contributed by atoms with Crippen molar-refractivity contribution in [2.45, 2.75) is 84.5 Å². The Morgan fingerprint density at radius 1 is 1.15 bits per heavy atom. The average molecular weight is 460 g/mol. The van der Waals surface area contributed by atoms with E-state index in [1.165, 1.54) is 31.4 Å². The lowest BCUT2D eigenvalue weighted by Gasteiger charge is -2.59. The van der Waals surface area contributed by atoms with E-state index in [-0.39, 0.29) is 5.41 Å². The highest BCUT2D eigenvalue weighted by Gasteiger charge is 2.60. The molecule has 0 aromatic carbocycles. The number of carbonyl (C=O) groups is 1. The molecule has 0 bridgehead atoms. The predicted octanol–water partition coefficient (Wildman–Crippen LogP) is 3.69. The Hall–Kier alpha value is -1.60. The van der Waals surface area contributed by atoms with Gasteiger partial charge in [0, 0.05) is 36.8 Å². The largest absolute Gasteiger partial charge is 0.400 e. The van der Waals surface area contributed by atoms with Crippen LogP contribution in [0.2, 0.25) is 0 Å². The van der Waals surface area contributed by atoms with E-state index in [2.05, 4.69) is 19.0 Å². The van der Waals surface area contributed by atoms with Crippen molar-refractivity contribution in [3.8, 4) is 0 Å². The Morgan fingerprint density at radius 3 is 2.76 bits per heavy atom. The van der Waals surface area contributed by atoms with Gasteiger partial charge in [-0.2, -0.15) is 0 Å². The van der Waals surface area contributed by atoms with E-state index < -0.39 is 0 Å². The first-order chi connectivity index (χ1) is 15.8. The normalized spacial score (nSPS) is 39.7. The molecule has 0 aliphatic heterocycles. The van der Waals surface area contributed by atoms with Gasteiger partial charge in [-0.05, 0) is 93.3 Å². The fourth-order valence-corrected chi connectivity index (χ4v) is 7.84. The number of hydrazine groups is 1. The van der Waals surface area contributed by atoms with Crippen LogP contribution >= 0.6 is 0 Å². The molecule has 0 aromatic rings. The van der Waals surface area contributed by atoms with Gasteiger partial charge in [0.2, 0.25) is 0 Å². The average Bonchev–Trinajstić information content (AvgIpc) is 3.10. The molecule has 0 spiro atoms. The lowest BCUT2D eigenvalue weighted by molar-refractivity contribution is -0.137. The SMILES string of the molecule is CC12CCC3C(CCC4C/C(=N\OCCCCN(N)/C=C(\N)CN)CCC43C)C1CCC2=O. The monoisotopic (exact) mass is 459 g/mol. The van der Waals surface area contributed by atoms with Gasteiger partial charge in [-0.15, -0.1) is 0 Å². The molecule has 6 N–H and O–H groups in total. The van der Waals surface area contributed by atoms with E-state index >= 15 is 0 Å². The number of carbonyl (C=O) groups excluding carboxylic acids is 1. The molecule has 6 atom stereocenters. The Labute approximate surface area is 199 Å². The van der Waals surface area contributed by atoms with Crippen LogP contribution in [0.25, 0.3) is 0 Å². The number of hydrogen-bond donors (Lipinski definition) is 3. The highest BCUT2D eigenvalue weighted by molar-refractivity contribution is 5.87. The minimum absolute atomic E-state index is 0.0201. The lowest BCUT2D eigenvalue weighted by Crippen LogP contribution is -2.53. The second kappa shape index (κ2) is 9.95. The van der Waals surface area contributed by atoms with Gasteiger partial charge in [0.05, 0.1) is 5.71 Å². The van der Waals surface area contributed by atoms with Crippen molar-refractivity contribution in [1.82, 2.24) is 5.01 Å². The molecule has 4 fully saturated rings. The summed E-state index contributed by atoms with van der Waals surface area (Å²) in [6.07, 6.45) is 13.7. The Kier molecular flexibility index (Phi) is 7.39. The van der Waals surface area contributed by atoms with E-state index in [0.717, 1.165) is 63.3 Å². The summed E-state index contributed by atoms with van der Waals surface area (Å²) in [5, 5.41) is 6.13. The Balaban J connectivity index is 1.25. The van der Waals surface area contributed by atoms with E-state index in [0.29, 0.717) is 41.9 Å². The first kappa shape index (κ1) is 24.5. The summed E-state index contributed by atoms with van der Waals surface area (Å²) in [7, 11) is 0. The van der Waals surface area contributed by atoms with Gasteiger partial charge in [0.1, 0.15) is 12.4 Å². The minimum Gasteiger partial charge on any atom is -0.400 e. The fourth-order valence-electron chi connectivity index (χ4n) is 7.84. The van der Waals surface area contributed by atoms with Crippen LogP contribution in [-0.4, -0.2) is 36.2 Å². The van der Waals surface area contributed by atoms with E-state index in [1.54, 1.807) is 11.2 Å². The lowest BCUT2D eigenvalue weighted by atomic mass is 9.45. The maximum absolute atomic E-state index is 12.6. The van der Waals surface area contributed by atoms with Gasteiger partial charge in [0.15, 0.2) is 0 Å². The van der Waals surface area contributed by atoms with Gasteiger partial charge in [-0.1, -0.05) is 19.0 Å². The maximum Gasteiger partial charge on any atom is 0.139 e. The summed E-state index contributed by atoms with van der Waals surface area (Å²) in [6.45, 7) is 6.48. The van der Waals surface area contributed by atoms with Crippen molar-refractivity contribution in [3.63, 3.8) is 0 Å². The van der Waals surface area contributed by atoms with Crippen LogP contribution < -0.4 is 17.3 Å². The van der Waals surface area contributed by atoms with Crippen LogP contribution in [0.1, 0.15) is 84.5 Å². The third-order valence-corrected chi connectivity index (χ3v) is 9.87. The van der Waals surface area contributed by atoms with Crippen LogP contribution in [0.3, 0.4) is 0 Å². The number of rotatable bonds is 8. The molecule has 33 heavy (non-hydrogen) atoms. The van der Waals surface area contributed by atoms with Crippen LogP contribution in [0.5, 0.6) is 0 Å². The maximum atomic E-state index is 12.6. The zero-order chi connectivity index (χ0) is 23.6. The Morgan fingerprint density at radius 2 is 1.97 bits per heavy atom. The number of nitrogens with two attached hydrogens (primary N) is 3. The van der Waals surface area contributed by atoms with Crippen molar-refractivity contribution in [1.29, 1.82) is 0 Å². The molecule has 0 amide bonds. The third kappa shape index (κ3) is 4.81. The summed E-state index contributed by atoms with van der Waals surface area (Å²) in [4.78, 5) is 18.3. The number of unbranched alkanes of at least 4 members (excludes halogenated alkanes) is 1. The van der Waals surface area contributed by atoms with Gasteiger partial charge in [-0.3, -0.25) is 4.79 Å². The molecule has 0 saturated heterocycles. The molecular weight excluding hydrogens is 414 g/mol. The van der Waals surface area contributed by atoms with E-state index in [1.807, 2.05) is 0 Å². The first-order valence-corrected chi connectivity index (χ1v) is 13.2. The number of nitrogens with zero attached hydrogens (tertiary/aromatic N) is 2. The van der Waals surface area contributed by atoms with Gasteiger partial charge in [-0.25, -0.2) is 5.84 Å². The molecular formula is C26H45N5O2. The summed E-state index contributed by atoms with van der Waals surface area (Å²) in [6, 6.07) is 0. The molecule has 0 radical (unpaired) electrons. The summed E-state index contributed by atoms with van der Waals surface area (Å²) >= 11 is 0. The quantitative estimate of drug-likeness (QED) is 0.289. The van der Waals surface area contributed by atoms with Crippen molar-refractivity contribution in [2.24, 2.45) is 57.0 Å². The van der Waals surface area contributed by atoms with Crippen molar-refractivity contribution < 1.29 is 9.63 Å². The summed E-state index contributed by atoms with van der Waals surface area (Å²) in [5.41, 5.74) is 13.4. The smallest absolute Gasteiger partial charge is 0.139 e. The van der Waals surface area contributed by atoms with Crippen LogP contribution in [0.4, 0.5) is 0 Å². The van der Waals surface area contributed by atoms with Crippen molar-refractivity contribution in [3.05, 3.63) is 11.9 Å². The summed E-state index contributed by atoms with van der Waals surface area (Å²) in [5.74, 6) is 9.30. The zero-order valence-corrected chi connectivity index (χ0v) is 20.7. The summed E-state index contributed by atoms with van der Waals surface area (Å²) < 4.78 is 0. The topological polar surface area (TPSA) is 120 Å². The molecule has 4 aliphatic carbocycles. The molecule has 4 rings (SSSR count).